The number of tetrazole rings is 1. The van der Waals surface area contributed by atoms with Crippen molar-refractivity contribution in [2.45, 2.75) is 23.8 Å². The van der Waals surface area contributed by atoms with E-state index in [9.17, 15) is 8.42 Å². The molecule has 0 spiro atoms. The molecule has 26 heavy (non-hydrogen) atoms. The van der Waals surface area contributed by atoms with Crippen LogP contribution in [0.15, 0.2) is 53.4 Å². The minimum Gasteiger partial charge on any atom is -0.280 e. The van der Waals surface area contributed by atoms with Gasteiger partial charge in [0.05, 0.1) is 22.6 Å². The second-order valence-corrected chi connectivity index (χ2v) is 7.68. The van der Waals surface area contributed by atoms with Gasteiger partial charge in [-0.25, -0.2) is 13.1 Å². The number of hydrogen-bond acceptors (Lipinski definition) is 6. The maximum atomic E-state index is 12.4. The maximum Gasteiger partial charge on any atom is 0.261 e. The molecule has 1 saturated carbocycles. The molecule has 9 heteroatoms. The van der Waals surface area contributed by atoms with Crippen LogP contribution in [0.1, 0.15) is 24.4 Å². The Morgan fingerprint density at radius 1 is 1.08 bits per heavy atom. The summed E-state index contributed by atoms with van der Waals surface area (Å²) in [6.45, 7) is 0. The lowest BCUT2D eigenvalue weighted by Crippen LogP contribution is -2.12. The summed E-state index contributed by atoms with van der Waals surface area (Å²) in [5, 5.41) is 20.6. The van der Waals surface area contributed by atoms with Crippen molar-refractivity contribution >= 4 is 15.7 Å². The summed E-state index contributed by atoms with van der Waals surface area (Å²) in [7, 11) is -3.72. The summed E-state index contributed by atoms with van der Waals surface area (Å²) in [6, 6.07) is 14.9. The third-order valence-electron chi connectivity index (χ3n) is 4.07. The predicted molar refractivity (Wildman–Crippen MR) is 93.5 cm³/mol. The van der Waals surface area contributed by atoms with Gasteiger partial charge in [0, 0.05) is 11.3 Å². The van der Waals surface area contributed by atoms with E-state index >= 15 is 0 Å². The van der Waals surface area contributed by atoms with Gasteiger partial charge >= 0.3 is 0 Å². The number of aromatic nitrogens is 4. The van der Waals surface area contributed by atoms with Gasteiger partial charge in [-0.15, -0.1) is 5.10 Å². The van der Waals surface area contributed by atoms with E-state index in [0.29, 0.717) is 23.1 Å². The van der Waals surface area contributed by atoms with Crippen molar-refractivity contribution in [3.8, 4) is 17.5 Å². The highest BCUT2D eigenvalue weighted by atomic mass is 32.2. The van der Waals surface area contributed by atoms with Crippen LogP contribution in [0.5, 0.6) is 0 Å². The molecule has 1 N–H and O–H groups in total. The van der Waals surface area contributed by atoms with E-state index in [1.54, 1.807) is 28.9 Å². The van der Waals surface area contributed by atoms with E-state index in [-0.39, 0.29) is 4.90 Å². The Balaban J connectivity index is 1.55. The van der Waals surface area contributed by atoms with E-state index in [1.807, 2.05) is 6.07 Å². The summed E-state index contributed by atoms with van der Waals surface area (Å²) in [6.07, 6.45) is 2.14. The zero-order chi connectivity index (χ0) is 18.1. The number of nitrogens with zero attached hydrogens (tertiary/aromatic N) is 5. The van der Waals surface area contributed by atoms with Gasteiger partial charge in [-0.1, -0.05) is 0 Å². The van der Waals surface area contributed by atoms with Crippen LogP contribution in [0, 0.1) is 11.3 Å². The Hall–Kier alpha value is -3.25. The van der Waals surface area contributed by atoms with Crippen molar-refractivity contribution in [1.29, 1.82) is 5.26 Å². The van der Waals surface area contributed by atoms with Gasteiger partial charge in [-0.05, 0) is 71.8 Å². The normalized spacial score (nSPS) is 14.0. The SMILES string of the molecule is N#Cc1ccc(S(=O)(=O)Nc2ccc(-c3nnnn3C3CC3)cc2)cc1. The van der Waals surface area contributed by atoms with Crippen molar-refractivity contribution < 1.29 is 8.42 Å². The largest absolute Gasteiger partial charge is 0.280 e. The summed E-state index contributed by atoms with van der Waals surface area (Å²) in [5.74, 6) is 0.675. The molecule has 3 aromatic rings. The molecule has 0 radical (unpaired) electrons. The van der Waals surface area contributed by atoms with E-state index < -0.39 is 10.0 Å². The molecule has 8 nitrogen and oxygen atoms in total. The first-order valence-electron chi connectivity index (χ1n) is 7.98. The highest BCUT2D eigenvalue weighted by molar-refractivity contribution is 7.92. The van der Waals surface area contributed by atoms with Crippen molar-refractivity contribution in [2.24, 2.45) is 0 Å². The molecule has 1 aliphatic carbocycles. The molecule has 0 bridgehead atoms. The monoisotopic (exact) mass is 366 g/mol. The lowest BCUT2D eigenvalue weighted by Gasteiger charge is -2.09. The molecule has 1 aliphatic rings. The lowest BCUT2D eigenvalue weighted by atomic mass is 10.2. The average molecular weight is 366 g/mol. The van der Waals surface area contributed by atoms with E-state index in [4.69, 9.17) is 5.26 Å². The third kappa shape index (κ3) is 3.14. The zero-order valence-electron chi connectivity index (χ0n) is 13.6. The molecular weight excluding hydrogens is 352 g/mol. The Bertz CT molecular complexity index is 1080. The zero-order valence-corrected chi connectivity index (χ0v) is 14.4. The maximum absolute atomic E-state index is 12.4. The van der Waals surface area contributed by atoms with Gasteiger partial charge in [-0.3, -0.25) is 4.72 Å². The first-order chi connectivity index (χ1) is 12.6. The fraction of sp³-hybridized carbons (Fsp3) is 0.176. The molecule has 1 fully saturated rings. The van der Waals surface area contributed by atoms with E-state index in [0.717, 1.165) is 18.4 Å². The summed E-state index contributed by atoms with van der Waals surface area (Å²) in [4.78, 5) is 0.0956. The van der Waals surface area contributed by atoms with Crippen LogP contribution >= 0.6 is 0 Å². The van der Waals surface area contributed by atoms with Crippen molar-refractivity contribution in [3.63, 3.8) is 0 Å². The minimum atomic E-state index is -3.72. The number of benzene rings is 2. The van der Waals surface area contributed by atoms with Gasteiger partial charge < -0.3 is 0 Å². The van der Waals surface area contributed by atoms with Crippen LogP contribution in [-0.4, -0.2) is 28.6 Å². The Morgan fingerprint density at radius 3 is 2.38 bits per heavy atom. The number of nitriles is 1. The van der Waals surface area contributed by atoms with Gasteiger partial charge in [0.2, 0.25) is 0 Å². The van der Waals surface area contributed by atoms with Crippen LogP contribution in [0.2, 0.25) is 0 Å². The first-order valence-corrected chi connectivity index (χ1v) is 9.46. The highest BCUT2D eigenvalue weighted by Gasteiger charge is 2.28. The minimum absolute atomic E-state index is 0.0956. The number of hydrogen-bond donors (Lipinski definition) is 1. The summed E-state index contributed by atoms with van der Waals surface area (Å²) >= 11 is 0. The smallest absolute Gasteiger partial charge is 0.261 e. The molecule has 130 valence electrons. The van der Waals surface area contributed by atoms with Crippen molar-refractivity contribution in [1.82, 2.24) is 20.2 Å². The third-order valence-corrected chi connectivity index (χ3v) is 5.47. The Morgan fingerprint density at radius 2 is 1.77 bits per heavy atom. The van der Waals surface area contributed by atoms with Crippen molar-refractivity contribution in [3.05, 3.63) is 54.1 Å². The molecule has 1 aromatic heterocycles. The molecule has 0 saturated heterocycles. The second-order valence-electron chi connectivity index (χ2n) is 6.00. The van der Waals surface area contributed by atoms with Gasteiger partial charge in [0.15, 0.2) is 5.82 Å². The molecule has 0 amide bonds. The molecule has 2 aromatic carbocycles. The van der Waals surface area contributed by atoms with Gasteiger partial charge in [0.1, 0.15) is 0 Å². The molecule has 0 unspecified atom stereocenters. The topological polar surface area (TPSA) is 114 Å². The van der Waals surface area contributed by atoms with E-state index in [1.165, 1.54) is 24.3 Å². The van der Waals surface area contributed by atoms with Crippen LogP contribution < -0.4 is 4.72 Å². The molecule has 4 rings (SSSR count). The molecular formula is C17H14N6O2S. The second kappa shape index (κ2) is 6.24. The van der Waals surface area contributed by atoms with Crippen LogP contribution in [0.3, 0.4) is 0 Å². The van der Waals surface area contributed by atoms with E-state index in [2.05, 4.69) is 20.2 Å². The number of rotatable bonds is 5. The van der Waals surface area contributed by atoms with Crippen molar-refractivity contribution in [2.75, 3.05) is 4.72 Å². The van der Waals surface area contributed by atoms with Gasteiger partial charge in [-0.2, -0.15) is 5.26 Å². The highest BCUT2D eigenvalue weighted by Crippen LogP contribution is 2.36. The average Bonchev–Trinajstić information content (AvgIpc) is 3.39. The fourth-order valence-electron chi connectivity index (χ4n) is 2.56. The molecule has 0 aliphatic heterocycles. The Labute approximate surface area is 150 Å². The van der Waals surface area contributed by atoms with Crippen LogP contribution in [0.25, 0.3) is 11.4 Å². The Kier molecular flexibility index (Phi) is 3.89. The van der Waals surface area contributed by atoms with Crippen LogP contribution in [0.4, 0.5) is 5.69 Å². The quantitative estimate of drug-likeness (QED) is 0.741. The summed E-state index contributed by atoms with van der Waals surface area (Å²) in [5.41, 5.74) is 1.66. The number of nitrogens with one attached hydrogen (secondary N) is 1. The fourth-order valence-corrected chi connectivity index (χ4v) is 3.62. The first kappa shape index (κ1) is 16.2. The predicted octanol–water partition coefficient (Wildman–Crippen LogP) is 2.35. The van der Waals surface area contributed by atoms with Gasteiger partial charge in [0.25, 0.3) is 10.0 Å². The standard InChI is InChI=1S/C17H14N6O2S/c18-11-12-1-9-16(10-2-12)26(24,25)20-14-5-3-13(4-6-14)17-19-21-22-23(17)15-7-8-15/h1-6,9-10,15,20H,7-8H2. The lowest BCUT2D eigenvalue weighted by molar-refractivity contribution is 0.601. The number of anilines is 1. The number of sulfonamides is 1. The molecule has 1 heterocycles. The summed E-state index contributed by atoms with van der Waals surface area (Å²) < 4.78 is 29.2. The molecule has 0 atom stereocenters. The van der Waals surface area contributed by atoms with Crippen LogP contribution in [-0.2, 0) is 10.0 Å².